The molecule has 1 aromatic carbocycles. The van der Waals surface area contributed by atoms with Crippen molar-refractivity contribution in [1.82, 2.24) is 0 Å². The molecular weight excluding hydrogens is 131 g/mol. The van der Waals surface area contributed by atoms with Crippen molar-refractivity contribution in [3.05, 3.63) is 35.9 Å². The van der Waals surface area contributed by atoms with Crippen molar-refractivity contribution < 1.29 is 29.6 Å². The first-order valence-electron chi connectivity index (χ1n) is 3.47. The Labute approximate surface area is 84.9 Å². The van der Waals surface area contributed by atoms with Crippen LogP contribution >= 0.6 is 0 Å². The van der Waals surface area contributed by atoms with Gasteiger partial charge in [0.2, 0.25) is 0 Å². The summed E-state index contributed by atoms with van der Waals surface area (Å²) in [5.41, 5.74) is 1.44. The molecule has 0 fully saturated rings. The van der Waals surface area contributed by atoms with Crippen molar-refractivity contribution >= 4 is 0 Å². The van der Waals surface area contributed by atoms with Gasteiger partial charge >= 0.3 is 29.6 Å². The molecule has 0 nitrogen and oxygen atoms in total. The van der Waals surface area contributed by atoms with Crippen LogP contribution in [-0.2, 0) is 6.42 Å². The molecule has 1 aromatic rings. The number of hydrogen-bond acceptors (Lipinski definition) is 0. The Balaban J connectivity index is 0.000000810. The summed E-state index contributed by atoms with van der Waals surface area (Å²) < 4.78 is 0. The fourth-order valence-corrected chi connectivity index (χ4v) is 0.933. The third kappa shape index (κ3) is 3.40. The topological polar surface area (TPSA) is 0 Å². The normalized spacial score (nSPS) is 8.50. The second-order valence-corrected chi connectivity index (χ2v) is 2.24. The van der Waals surface area contributed by atoms with Crippen LogP contribution < -0.4 is 29.6 Å². The molecule has 0 saturated carbocycles. The number of rotatable bonds is 2. The van der Waals surface area contributed by atoms with Crippen molar-refractivity contribution in [2.24, 2.45) is 0 Å². The van der Waals surface area contributed by atoms with E-state index >= 15 is 0 Å². The number of hydrogen-bond donors (Lipinski definition) is 0. The summed E-state index contributed by atoms with van der Waals surface area (Å²) in [5, 5.41) is 0. The maximum absolute atomic E-state index is 2.20. The zero-order valence-electron chi connectivity index (χ0n) is 6.80. The molecule has 0 aromatic heterocycles. The first-order chi connectivity index (χ1) is 4.43. The second kappa shape index (κ2) is 5.96. The van der Waals surface area contributed by atoms with Gasteiger partial charge in [0.25, 0.3) is 0 Å². The van der Waals surface area contributed by atoms with E-state index in [1.165, 1.54) is 18.4 Å². The van der Waals surface area contributed by atoms with Gasteiger partial charge < -0.3 is 0 Å². The summed E-state index contributed by atoms with van der Waals surface area (Å²) in [5.74, 6) is 0. The molecular formula is C9H12Na+. The zero-order chi connectivity index (χ0) is 6.53. The molecule has 1 heteroatoms. The average Bonchev–Trinajstić information content (AvgIpc) is 1.91. The molecule has 0 unspecified atom stereocenters. The van der Waals surface area contributed by atoms with Crippen LogP contribution in [0.1, 0.15) is 18.9 Å². The predicted octanol–water partition coefficient (Wildman–Crippen LogP) is -0.357. The van der Waals surface area contributed by atoms with Gasteiger partial charge in [-0.25, -0.2) is 0 Å². The third-order valence-corrected chi connectivity index (χ3v) is 1.38. The molecule has 0 N–H and O–H groups in total. The van der Waals surface area contributed by atoms with Gasteiger partial charge in [-0.15, -0.1) is 0 Å². The Morgan fingerprint density at radius 1 is 1.10 bits per heavy atom. The van der Waals surface area contributed by atoms with Crippen LogP contribution in [0.2, 0.25) is 0 Å². The van der Waals surface area contributed by atoms with Gasteiger partial charge in [-0.3, -0.25) is 0 Å². The Morgan fingerprint density at radius 3 is 2.20 bits per heavy atom. The molecule has 0 bridgehead atoms. The quantitative estimate of drug-likeness (QED) is 0.496. The summed E-state index contributed by atoms with van der Waals surface area (Å²) >= 11 is 0. The van der Waals surface area contributed by atoms with Crippen LogP contribution in [0.3, 0.4) is 0 Å². The van der Waals surface area contributed by atoms with Gasteiger partial charge in [0.15, 0.2) is 0 Å². The minimum atomic E-state index is 0. The molecule has 0 saturated heterocycles. The van der Waals surface area contributed by atoms with Crippen molar-refractivity contribution in [3.63, 3.8) is 0 Å². The molecule has 0 atom stereocenters. The Hall–Kier alpha value is 0.220. The fraction of sp³-hybridized carbons (Fsp3) is 0.333. The first-order valence-corrected chi connectivity index (χ1v) is 3.47. The monoisotopic (exact) mass is 143 g/mol. The number of aryl methyl sites for hydroxylation is 1. The van der Waals surface area contributed by atoms with Crippen molar-refractivity contribution in [3.8, 4) is 0 Å². The van der Waals surface area contributed by atoms with E-state index in [1.54, 1.807) is 0 Å². The van der Waals surface area contributed by atoms with Gasteiger partial charge in [-0.2, -0.15) is 0 Å². The number of benzene rings is 1. The fourth-order valence-electron chi connectivity index (χ4n) is 0.933. The minimum Gasteiger partial charge on any atom is -0.0651 e. The van der Waals surface area contributed by atoms with E-state index < -0.39 is 0 Å². The SMILES string of the molecule is CCCc1ccccc1.[Na+]. The maximum Gasteiger partial charge on any atom is 1.00 e. The van der Waals surface area contributed by atoms with Gasteiger partial charge in [0.1, 0.15) is 0 Å². The molecule has 1 rings (SSSR count). The van der Waals surface area contributed by atoms with E-state index in [0.717, 1.165) is 0 Å². The molecule has 0 amide bonds. The van der Waals surface area contributed by atoms with Crippen molar-refractivity contribution in [2.75, 3.05) is 0 Å². The van der Waals surface area contributed by atoms with E-state index in [4.69, 9.17) is 0 Å². The summed E-state index contributed by atoms with van der Waals surface area (Å²) in [6, 6.07) is 10.6. The molecule has 48 valence electrons. The van der Waals surface area contributed by atoms with Crippen molar-refractivity contribution in [2.45, 2.75) is 19.8 Å². The van der Waals surface area contributed by atoms with E-state index in [2.05, 4.69) is 37.3 Å². The summed E-state index contributed by atoms with van der Waals surface area (Å²) in [6.45, 7) is 2.20. The van der Waals surface area contributed by atoms with Crippen LogP contribution in [-0.4, -0.2) is 0 Å². The minimum absolute atomic E-state index is 0. The molecule has 10 heavy (non-hydrogen) atoms. The Morgan fingerprint density at radius 2 is 1.70 bits per heavy atom. The largest absolute Gasteiger partial charge is 1.00 e. The third-order valence-electron chi connectivity index (χ3n) is 1.38. The van der Waals surface area contributed by atoms with Crippen molar-refractivity contribution in [1.29, 1.82) is 0 Å². The zero-order valence-corrected chi connectivity index (χ0v) is 8.80. The Bertz CT molecular complexity index is 158. The van der Waals surface area contributed by atoms with E-state index in [9.17, 15) is 0 Å². The molecule has 0 aliphatic rings. The van der Waals surface area contributed by atoms with Gasteiger partial charge in [0, 0.05) is 0 Å². The standard InChI is InChI=1S/C9H12.Na/c1-2-6-9-7-4-3-5-8-9;/h3-5,7-8H,2,6H2,1H3;/q;+1. The smallest absolute Gasteiger partial charge is 0.0651 e. The van der Waals surface area contributed by atoms with Crippen LogP contribution in [0.25, 0.3) is 0 Å². The summed E-state index contributed by atoms with van der Waals surface area (Å²) in [4.78, 5) is 0. The van der Waals surface area contributed by atoms with E-state index in [0.29, 0.717) is 0 Å². The van der Waals surface area contributed by atoms with E-state index in [1.807, 2.05) is 0 Å². The molecule has 0 aliphatic heterocycles. The summed E-state index contributed by atoms with van der Waals surface area (Å²) in [7, 11) is 0. The Kier molecular flexibility index (Phi) is 6.10. The maximum atomic E-state index is 2.20. The molecule has 0 aliphatic carbocycles. The van der Waals surface area contributed by atoms with Crippen LogP contribution in [0.5, 0.6) is 0 Å². The second-order valence-electron chi connectivity index (χ2n) is 2.24. The summed E-state index contributed by atoms with van der Waals surface area (Å²) in [6.07, 6.45) is 2.45. The van der Waals surface area contributed by atoms with E-state index in [-0.39, 0.29) is 29.6 Å². The van der Waals surface area contributed by atoms with Crippen LogP contribution in [0, 0.1) is 0 Å². The average molecular weight is 143 g/mol. The van der Waals surface area contributed by atoms with Gasteiger partial charge in [0.05, 0.1) is 0 Å². The first kappa shape index (κ1) is 10.2. The van der Waals surface area contributed by atoms with Gasteiger partial charge in [-0.05, 0) is 12.0 Å². The van der Waals surface area contributed by atoms with Crippen LogP contribution in [0.4, 0.5) is 0 Å². The van der Waals surface area contributed by atoms with Crippen LogP contribution in [0.15, 0.2) is 30.3 Å². The molecule has 0 spiro atoms. The molecule has 0 heterocycles. The predicted molar refractivity (Wildman–Crippen MR) is 40.4 cm³/mol. The van der Waals surface area contributed by atoms with Gasteiger partial charge in [-0.1, -0.05) is 43.7 Å². The molecule has 0 radical (unpaired) electrons.